The molecule has 0 fully saturated rings. The summed E-state index contributed by atoms with van der Waals surface area (Å²) in [5.41, 5.74) is 19.5. The van der Waals surface area contributed by atoms with Gasteiger partial charge in [-0.2, -0.15) is 0 Å². The van der Waals surface area contributed by atoms with Crippen molar-refractivity contribution in [3.63, 3.8) is 0 Å². The number of rotatable bonds is 4. The molecule has 2 heterocycles. The number of nitrogens with two attached hydrogens (primary N) is 1. The van der Waals surface area contributed by atoms with E-state index in [4.69, 9.17) is 10.7 Å². The Bertz CT molecular complexity index is 1730. The number of hydrogen-bond acceptors (Lipinski definition) is 2. The van der Waals surface area contributed by atoms with Crippen LogP contribution in [0.5, 0.6) is 0 Å². The van der Waals surface area contributed by atoms with Crippen molar-refractivity contribution in [1.29, 1.82) is 0 Å². The monoisotopic (exact) mass is 477 g/mol. The standard InChI is InChI=1S/C34H27N3/c35-31-28-21-20-24-14-10-11-19-27(24)32(28)36-34-30(31)29(25-15-6-2-7-16-25)33(26-17-8-3-9-18-26)37(34)22-23-12-4-1-5-13-23/h1-19H,20-22H2,(H2,35,36). The minimum absolute atomic E-state index is 0.710. The van der Waals surface area contributed by atoms with Crippen LogP contribution >= 0.6 is 0 Å². The highest BCUT2D eigenvalue weighted by molar-refractivity contribution is 6.11. The smallest absolute Gasteiger partial charge is 0.144 e. The number of hydrogen-bond donors (Lipinski definition) is 1. The molecule has 2 aromatic heterocycles. The van der Waals surface area contributed by atoms with E-state index in [0.29, 0.717) is 6.54 Å². The Morgan fingerprint density at radius 3 is 2.03 bits per heavy atom. The highest BCUT2D eigenvalue weighted by Crippen LogP contribution is 2.47. The summed E-state index contributed by atoms with van der Waals surface area (Å²) in [6, 6.07) is 40.5. The molecule has 4 aromatic carbocycles. The van der Waals surface area contributed by atoms with Gasteiger partial charge >= 0.3 is 0 Å². The van der Waals surface area contributed by atoms with Gasteiger partial charge in [0.25, 0.3) is 0 Å². The predicted octanol–water partition coefficient (Wildman–Crippen LogP) is 7.77. The summed E-state index contributed by atoms with van der Waals surface area (Å²) in [7, 11) is 0. The van der Waals surface area contributed by atoms with E-state index in [1.165, 1.54) is 22.3 Å². The Kier molecular flexibility index (Phi) is 5.14. The van der Waals surface area contributed by atoms with Crippen molar-refractivity contribution in [2.45, 2.75) is 19.4 Å². The maximum Gasteiger partial charge on any atom is 0.144 e. The number of nitrogens with zero attached hydrogens (tertiary/aromatic N) is 2. The lowest BCUT2D eigenvalue weighted by Gasteiger charge is -2.21. The molecule has 0 spiro atoms. The van der Waals surface area contributed by atoms with Crippen molar-refractivity contribution >= 4 is 16.7 Å². The van der Waals surface area contributed by atoms with Gasteiger partial charge in [0.05, 0.1) is 16.8 Å². The van der Waals surface area contributed by atoms with Crippen molar-refractivity contribution in [2.75, 3.05) is 5.73 Å². The van der Waals surface area contributed by atoms with Crippen LogP contribution < -0.4 is 5.73 Å². The van der Waals surface area contributed by atoms with Crippen LogP contribution in [-0.2, 0) is 19.4 Å². The lowest BCUT2D eigenvalue weighted by Crippen LogP contribution is -2.10. The Morgan fingerprint density at radius 1 is 0.676 bits per heavy atom. The fourth-order valence-corrected chi connectivity index (χ4v) is 5.84. The van der Waals surface area contributed by atoms with E-state index in [1.54, 1.807) is 0 Å². The first-order chi connectivity index (χ1) is 18.3. The second-order valence-electron chi connectivity index (χ2n) is 9.74. The number of aryl methyl sites for hydroxylation is 1. The molecule has 0 aliphatic heterocycles. The van der Waals surface area contributed by atoms with E-state index in [0.717, 1.165) is 57.6 Å². The first-order valence-electron chi connectivity index (χ1n) is 12.9. The summed E-state index contributed by atoms with van der Waals surface area (Å²) in [6.45, 7) is 0.710. The maximum absolute atomic E-state index is 7.14. The minimum atomic E-state index is 0.710. The van der Waals surface area contributed by atoms with Gasteiger partial charge in [-0.3, -0.25) is 0 Å². The third-order valence-corrected chi connectivity index (χ3v) is 7.54. The fourth-order valence-electron chi connectivity index (χ4n) is 5.84. The molecule has 0 amide bonds. The van der Waals surface area contributed by atoms with Crippen LogP contribution in [0, 0.1) is 0 Å². The molecule has 37 heavy (non-hydrogen) atoms. The van der Waals surface area contributed by atoms with Crippen LogP contribution in [0.4, 0.5) is 5.69 Å². The van der Waals surface area contributed by atoms with Crippen LogP contribution in [0.2, 0.25) is 0 Å². The van der Waals surface area contributed by atoms with Gasteiger partial charge in [0.15, 0.2) is 0 Å². The van der Waals surface area contributed by atoms with E-state index >= 15 is 0 Å². The zero-order valence-electron chi connectivity index (χ0n) is 20.6. The van der Waals surface area contributed by atoms with Crippen LogP contribution in [0.1, 0.15) is 16.7 Å². The van der Waals surface area contributed by atoms with Gasteiger partial charge in [-0.15, -0.1) is 0 Å². The van der Waals surface area contributed by atoms with E-state index in [1.807, 2.05) is 0 Å². The summed E-state index contributed by atoms with van der Waals surface area (Å²) in [6.07, 6.45) is 1.89. The van der Waals surface area contributed by atoms with Gasteiger partial charge < -0.3 is 10.3 Å². The number of anilines is 1. The maximum atomic E-state index is 7.14. The van der Waals surface area contributed by atoms with Gasteiger partial charge in [-0.05, 0) is 35.1 Å². The third kappa shape index (κ3) is 3.54. The molecule has 0 bridgehead atoms. The quantitative estimate of drug-likeness (QED) is 0.282. The van der Waals surface area contributed by atoms with Gasteiger partial charge in [-0.25, -0.2) is 4.98 Å². The molecule has 0 saturated heterocycles. The van der Waals surface area contributed by atoms with Crippen LogP contribution in [0.25, 0.3) is 44.7 Å². The van der Waals surface area contributed by atoms with Crippen molar-refractivity contribution in [2.24, 2.45) is 0 Å². The van der Waals surface area contributed by atoms with Crippen molar-refractivity contribution in [1.82, 2.24) is 9.55 Å². The largest absolute Gasteiger partial charge is 0.398 e. The summed E-state index contributed by atoms with van der Waals surface area (Å²) in [5, 5.41) is 1.05. The van der Waals surface area contributed by atoms with E-state index in [9.17, 15) is 0 Å². The number of fused-ring (bicyclic) bond motifs is 4. The average molecular weight is 478 g/mol. The molecule has 0 radical (unpaired) electrons. The Labute approximate surface area is 216 Å². The van der Waals surface area contributed by atoms with E-state index in [2.05, 4.69) is 120 Å². The highest BCUT2D eigenvalue weighted by atomic mass is 15.1. The molecule has 0 saturated carbocycles. The normalized spacial score (nSPS) is 12.3. The Morgan fingerprint density at radius 2 is 1.30 bits per heavy atom. The number of pyridine rings is 1. The van der Waals surface area contributed by atoms with E-state index in [-0.39, 0.29) is 0 Å². The Balaban J connectivity index is 1.63. The van der Waals surface area contributed by atoms with Crippen molar-refractivity contribution in [3.05, 3.63) is 132 Å². The second-order valence-corrected chi connectivity index (χ2v) is 9.74. The molecule has 3 nitrogen and oxygen atoms in total. The van der Waals surface area contributed by atoms with E-state index < -0.39 is 0 Å². The topological polar surface area (TPSA) is 43.8 Å². The predicted molar refractivity (Wildman–Crippen MR) is 153 cm³/mol. The zero-order chi connectivity index (χ0) is 24.8. The van der Waals surface area contributed by atoms with Crippen molar-refractivity contribution in [3.8, 4) is 33.6 Å². The summed E-state index contributed by atoms with van der Waals surface area (Å²) < 4.78 is 2.37. The molecule has 0 atom stereocenters. The van der Waals surface area contributed by atoms with Crippen LogP contribution in [0.15, 0.2) is 115 Å². The lowest BCUT2D eigenvalue weighted by atomic mass is 9.87. The molecule has 0 unspecified atom stereocenters. The average Bonchev–Trinajstić information content (AvgIpc) is 3.28. The number of nitrogen functional groups attached to an aromatic ring is 1. The first kappa shape index (κ1) is 21.6. The molecule has 6 aromatic rings. The summed E-state index contributed by atoms with van der Waals surface area (Å²) >= 11 is 0. The van der Waals surface area contributed by atoms with Crippen molar-refractivity contribution < 1.29 is 0 Å². The zero-order valence-corrected chi connectivity index (χ0v) is 20.6. The number of benzene rings is 4. The third-order valence-electron chi connectivity index (χ3n) is 7.54. The molecule has 1 aliphatic carbocycles. The molecule has 1 aliphatic rings. The minimum Gasteiger partial charge on any atom is -0.398 e. The van der Waals surface area contributed by atoms with Gasteiger partial charge in [-0.1, -0.05) is 115 Å². The van der Waals surface area contributed by atoms with Gasteiger partial charge in [0.1, 0.15) is 5.65 Å². The molecular weight excluding hydrogens is 450 g/mol. The summed E-state index contributed by atoms with van der Waals surface area (Å²) in [4.78, 5) is 5.43. The van der Waals surface area contributed by atoms with Crippen LogP contribution in [0.3, 0.4) is 0 Å². The van der Waals surface area contributed by atoms with Crippen LogP contribution in [-0.4, -0.2) is 9.55 Å². The molecule has 178 valence electrons. The molecule has 2 N–H and O–H groups in total. The lowest BCUT2D eigenvalue weighted by molar-refractivity contribution is 0.831. The second kappa shape index (κ2) is 8.79. The molecule has 7 rings (SSSR count). The number of aromatic nitrogens is 2. The summed E-state index contributed by atoms with van der Waals surface area (Å²) in [5.74, 6) is 0. The SMILES string of the molecule is Nc1c2c(nc3c1c(-c1ccccc1)c(-c1ccccc1)n3Cc1ccccc1)-c1ccccc1CC2. The van der Waals surface area contributed by atoms with Gasteiger partial charge in [0, 0.05) is 28.9 Å². The molecular formula is C34H27N3. The fraction of sp³-hybridized carbons (Fsp3) is 0.0882. The van der Waals surface area contributed by atoms with Gasteiger partial charge in [0.2, 0.25) is 0 Å². The highest BCUT2D eigenvalue weighted by Gasteiger charge is 2.28. The molecule has 3 heteroatoms. The Hall–Kier alpha value is -4.63. The first-order valence-corrected chi connectivity index (χ1v) is 12.9.